The summed E-state index contributed by atoms with van der Waals surface area (Å²) in [5.74, 6) is -0.302. The summed E-state index contributed by atoms with van der Waals surface area (Å²) in [5.41, 5.74) is 0. The van der Waals surface area contributed by atoms with E-state index in [0.29, 0.717) is 6.10 Å². The standard InChI is InChI=1S/C13H26O2/c1-4-5-6-7-8-10-13(3)14-11-9-12(2)15-13/h12H,4-11H2,1-3H3. The summed E-state index contributed by atoms with van der Waals surface area (Å²) in [4.78, 5) is 0. The van der Waals surface area contributed by atoms with Gasteiger partial charge in [-0.3, -0.25) is 0 Å². The third kappa shape index (κ3) is 4.98. The van der Waals surface area contributed by atoms with Crippen molar-refractivity contribution >= 4 is 0 Å². The third-order valence-electron chi connectivity index (χ3n) is 3.12. The van der Waals surface area contributed by atoms with Crippen molar-refractivity contribution in [3.63, 3.8) is 0 Å². The summed E-state index contributed by atoms with van der Waals surface area (Å²) in [6.07, 6.45) is 8.98. The van der Waals surface area contributed by atoms with Crippen LogP contribution in [0.3, 0.4) is 0 Å². The van der Waals surface area contributed by atoms with Gasteiger partial charge in [0, 0.05) is 6.42 Å². The molecule has 2 heteroatoms. The molecular weight excluding hydrogens is 188 g/mol. The van der Waals surface area contributed by atoms with Crippen LogP contribution in [0.4, 0.5) is 0 Å². The Hall–Kier alpha value is -0.0800. The quantitative estimate of drug-likeness (QED) is 0.624. The molecule has 1 aliphatic heterocycles. The Balaban J connectivity index is 2.12. The van der Waals surface area contributed by atoms with Crippen molar-refractivity contribution in [1.29, 1.82) is 0 Å². The zero-order valence-electron chi connectivity index (χ0n) is 10.6. The van der Waals surface area contributed by atoms with Crippen LogP contribution < -0.4 is 0 Å². The maximum Gasteiger partial charge on any atom is 0.165 e. The van der Waals surface area contributed by atoms with Crippen LogP contribution in [0, 0.1) is 0 Å². The summed E-state index contributed by atoms with van der Waals surface area (Å²) < 4.78 is 11.6. The van der Waals surface area contributed by atoms with Crippen molar-refractivity contribution < 1.29 is 9.47 Å². The number of hydrogen-bond donors (Lipinski definition) is 0. The van der Waals surface area contributed by atoms with Gasteiger partial charge in [0.05, 0.1) is 12.7 Å². The average Bonchev–Trinajstić information content (AvgIpc) is 2.17. The lowest BCUT2D eigenvalue weighted by Gasteiger charge is -2.37. The van der Waals surface area contributed by atoms with Crippen LogP contribution in [0.1, 0.15) is 65.7 Å². The second-order valence-corrected chi connectivity index (χ2v) is 4.86. The highest BCUT2D eigenvalue weighted by Crippen LogP contribution is 2.27. The first kappa shape index (κ1) is 13.0. The number of unbranched alkanes of at least 4 members (excludes halogenated alkanes) is 4. The SMILES string of the molecule is CCCCCCCC1(C)OCCC(C)O1. The Labute approximate surface area is 94.3 Å². The predicted octanol–water partition coefficient (Wildman–Crippen LogP) is 3.89. The lowest BCUT2D eigenvalue weighted by atomic mass is 10.1. The molecule has 2 atom stereocenters. The minimum atomic E-state index is -0.302. The third-order valence-corrected chi connectivity index (χ3v) is 3.12. The fourth-order valence-electron chi connectivity index (χ4n) is 2.14. The molecule has 1 rings (SSSR count). The van der Waals surface area contributed by atoms with Gasteiger partial charge in [0.2, 0.25) is 0 Å². The number of ether oxygens (including phenoxy) is 2. The Morgan fingerprint density at radius 3 is 2.60 bits per heavy atom. The number of rotatable bonds is 6. The molecule has 0 amide bonds. The fourth-order valence-corrected chi connectivity index (χ4v) is 2.14. The molecule has 0 radical (unpaired) electrons. The molecule has 0 aromatic carbocycles. The van der Waals surface area contributed by atoms with Crippen molar-refractivity contribution in [2.24, 2.45) is 0 Å². The number of hydrogen-bond acceptors (Lipinski definition) is 2. The molecular formula is C13H26O2. The van der Waals surface area contributed by atoms with Gasteiger partial charge in [-0.1, -0.05) is 32.6 Å². The Morgan fingerprint density at radius 1 is 1.20 bits per heavy atom. The van der Waals surface area contributed by atoms with E-state index in [-0.39, 0.29) is 5.79 Å². The highest BCUT2D eigenvalue weighted by atomic mass is 16.7. The zero-order valence-corrected chi connectivity index (χ0v) is 10.6. The normalized spacial score (nSPS) is 31.8. The smallest absolute Gasteiger partial charge is 0.165 e. The van der Waals surface area contributed by atoms with Gasteiger partial charge in [0.15, 0.2) is 5.79 Å². The first-order valence-corrected chi connectivity index (χ1v) is 6.48. The molecule has 2 nitrogen and oxygen atoms in total. The van der Waals surface area contributed by atoms with Crippen LogP contribution >= 0.6 is 0 Å². The van der Waals surface area contributed by atoms with E-state index < -0.39 is 0 Å². The van der Waals surface area contributed by atoms with Gasteiger partial charge in [-0.2, -0.15) is 0 Å². The van der Waals surface area contributed by atoms with E-state index in [0.717, 1.165) is 19.4 Å². The van der Waals surface area contributed by atoms with Crippen LogP contribution in [0.25, 0.3) is 0 Å². The summed E-state index contributed by atoms with van der Waals surface area (Å²) in [6, 6.07) is 0. The predicted molar refractivity (Wildman–Crippen MR) is 62.9 cm³/mol. The summed E-state index contributed by atoms with van der Waals surface area (Å²) in [5, 5.41) is 0. The Kier molecular flexibility index (Phi) is 5.62. The molecule has 0 spiro atoms. The minimum absolute atomic E-state index is 0.302. The van der Waals surface area contributed by atoms with Crippen molar-refractivity contribution in [3.05, 3.63) is 0 Å². The molecule has 2 unspecified atom stereocenters. The van der Waals surface area contributed by atoms with E-state index in [9.17, 15) is 0 Å². The molecule has 90 valence electrons. The van der Waals surface area contributed by atoms with Crippen LogP contribution in [0.5, 0.6) is 0 Å². The highest BCUT2D eigenvalue weighted by Gasteiger charge is 2.31. The maximum atomic E-state index is 5.86. The Bertz CT molecular complexity index is 170. The maximum absolute atomic E-state index is 5.86. The van der Waals surface area contributed by atoms with Crippen molar-refractivity contribution in [2.75, 3.05) is 6.61 Å². The van der Waals surface area contributed by atoms with E-state index in [4.69, 9.17) is 9.47 Å². The second kappa shape index (κ2) is 6.49. The molecule has 0 N–H and O–H groups in total. The molecule has 0 aromatic rings. The van der Waals surface area contributed by atoms with E-state index in [1.807, 2.05) is 0 Å². The van der Waals surface area contributed by atoms with Crippen LogP contribution in [0.2, 0.25) is 0 Å². The van der Waals surface area contributed by atoms with Crippen molar-refractivity contribution in [2.45, 2.75) is 77.6 Å². The molecule has 1 aliphatic rings. The van der Waals surface area contributed by atoms with Gasteiger partial charge in [-0.25, -0.2) is 0 Å². The van der Waals surface area contributed by atoms with Crippen molar-refractivity contribution in [3.8, 4) is 0 Å². The zero-order chi connectivity index (χ0) is 11.1. The molecule has 1 heterocycles. The molecule has 0 aromatic heterocycles. The summed E-state index contributed by atoms with van der Waals surface area (Å²) in [6.45, 7) is 7.32. The van der Waals surface area contributed by atoms with Gasteiger partial charge in [0.25, 0.3) is 0 Å². The van der Waals surface area contributed by atoms with E-state index in [2.05, 4.69) is 20.8 Å². The molecule has 0 bridgehead atoms. The summed E-state index contributed by atoms with van der Waals surface area (Å²) in [7, 11) is 0. The van der Waals surface area contributed by atoms with E-state index in [1.54, 1.807) is 0 Å². The lowest BCUT2D eigenvalue weighted by molar-refractivity contribution is -0.283. The summed E-state index contributed by atoms with van der Waals surface area (Å²) >= 11 is 0. The van der Waals surface area contributed by atoms with Gasteiger partial charge in [-0.05, 0) is 26.7 Å². The first-order valence-electron chi connectivity index (χ1n) is 6.48. The second-order valence-electron chi connectivity index (χ2n) is 4.86. The topological polar surface area (TPSA) is 18.5 Å². The first-order chi connectivity index (χ1) is 7.16. The van der Waals surface area contributed by atoms with E-state index >= 15 is 0 Å². The molecule has 1 saturated heterocycles. The van der Waals surface area contributed by atoms with Gasteiger partial charge >= 0.3 is 0 Å². The van der Waals surface area contributed by atoms with Gasteiger partial charge in [-0.15, -0.1) is 0 Å². The van der Waals surface area contributed by atoms with Crippen LogP contribution in [-0.4, -0.2) is 18.5 Å². The highest BCUT2D eigenvalue weighted by molar-refractivity contribution is 4.70. The van der Waals surface area contributed by atoms with Gasteiger partial charge in [0.1, 0.15) is 0 Å². The molecule has 0 saturated carbocycles. The lowest BCUT2D eigenvalue weighted by Crippen LogP contribution is -2.41. The molecule has 15 heavy (non-hydrogen) atoms. The Morgan fingerprint density at radius 2 is 1.93 bits per heavy atom. The van der Waals surface area contributed by atoms with Crippen molar-refractivity contribution in [1.82, 2.24) is 0 Å². The van der Waals surface area contributed by atoms with Crippen LogP contribution in [0.15, 0.2) is 0 Å². The van der Waals surface area contributed by atoms with Gasteiger partial charge < -0.3 is 9.47 Å². The fraction of sp³-hybridized carbons (Fsp3) is 1.00. The van der Waals surface area contributed by atoms with Crippen LogP contribution in [-0.2, 0) is 9.47 Å². The largest absolute Gasteiger partial charge is 0.350 e. The van der Waals surface area contributed by atoms with E-state index in [1.165, 1.54) is 32.1 Å². The average molecular weight is 214 g/mol. The minimum Gasteiger partial charge on any atom is -0.350 e. The molecule has 0 aliphatic carbocycles. The molecule has 1 fully saturated rings. The monoisotopic (exact) mass is 214 g/mol.